The molecule has 10 nitrogen and oxygen atoms in total. The second kappa shape index (κ2) is 25.2. The van der Waals surface area contributed by atoms with Crippen molar-refractivity contribution < 1.29 is 60.1 Å². The fraction of sp³-hybridized carbons (Fsp3) is 0.585. The van der Waals surface area contributed by atoms with Crippen LogP contribution in [0, 0.1) is 0 Å². The van der Waals surface area contributed by atoms with Crippen LogP contribution in [0.3, 0.4) is 0 Å². The SMILES string of the molecule is CCCCCCCCN1C(=CC=Cc2n(CCCCS(=O)(=O)[O-])c3cc(Cl)c(Cl)cc3[n+]2CCCCCCCC)N(CCCCS(=O)(=O)[O-])c2cc(Cl)c(Cl)cc21.[Na+]. The zero-order valence-electron chi connectivity index (χ0n) is 34.2. The molecule has 17 heteroatoms. The minimum Gasteiger partial charge on any atom is -0.748 e. The van der Waals surface area contributed by atoms with Crippen molar-refractivity contribution in [3.05, 3.63) is 68.2 Å². The smallest absolute Gasteiger partial charge is 0.748 e. The van der Waals surface area contributed by atoms with E-state index in [1.165, 1.54) is 38.5 Å². The number of nitrogens with zero attached hydrogens (tertiary/aromatic N) is 4. The van der Waals surface area contributed by atoms with Gasteiger partial charge in [0.05, 0.1) is 64.8 Å². The predicted molar refractivity (Wildman–Crippen MR) is 235 cm³/mol. The van der Waals surface area contributed by atoms with E-state index < -0.39 is 31.7 Å². The number of rotatable bonds is 26. The number of fused-ring (bicyclic) bond motifs is 2. The molecule has 1 aromatic heterocycles. The Balaban J connectivity index is 0.00000900. The van der Waals surface area contributed by atoms with Gasteiger partial charge in [-0.3, -0.25) is 0 Å². The number of aromatic nitrogens is 2. The van der Waals surface area contributed by atoms with Crippen molar-refractivity contribution >= 4 is 95.1 Å². The van der Waals surface area contributed by atoms with Crippen LogP contribution in [0.2, 0.25) is 20.1 Å². The third-order valence-electron chi connectivity index (χ3n) is 10.3. The first-order valence-corrected chi connectivity index (χ1v) is 25.0. The van der Waals surface area contributed by atoms with Gasteiger partial charge in [-0.15, -0.1) is 0 Å². The van der Waals surface area contributed by atoms with Crippen molar-refractivity contribution in [1.29, 1.82) is 0 Å². The molecule has 0 aliphatic carbocycles. The average Bonchev–Trinajstić information content (AvgIpc) is 3.56. The second-order valence-electron chi connectivity index (χ2n) is 14.8. The number of aryl methyl sites for hydroxylation is 2. The Labute approximate surface area is 388 Å². The molecule has 0 unspecified atom stereocenters. The maximum absolute atomic E-state index is 11.4. The van der Waals surface area contributed by atoms with Gasteiger partial charge in [0.25, 0.3) is 5.82 Å². The van der Waals surface area contributed by atoms with Gasteiger partial charge in [0.2, 0.25) is 0 Å². The van der Waals surface area contributed by atoms with Crippen LogP contribution >= 0.6 is 46.4 Å². The van der Waals surface area contributed by atoms with Crippen molar-refractivity contribution in [2.75, 3.05) is 34.4 Å². The van der Waals surface area contributed by atoms with Gasteiger partial charge >= 0.3 is 29.6 Å². The number of benzene rings is 2. The molecule has 0 N–H and O–H groups in total. The van der Waals surface area contributed by atoms with Gasteiger partial charge in [-0.05, 0) is 63.2 Å². The topological polar surface area (TPSA) is 130 Å². The minimum absolute atomic E-state index is 0. The van der Waals surface area contributed by atoms with Crippen molar-refractivity contribution in [2.45, 2.75) is 130 Å². The second-order valence-corrected chi connectivity index (χ2v) is 19.5. The van der Waals surface area contributed by atoms with E-state index in [-0.39, 0.29) is 42.4 Å². The Hall–Kier alpha value is -1.03. The normalized spacial score (nSPS) is 14.0. The van der Waals surface area contributed by atoms with Gasteiger partial charge in [-0.25, -0.2) is 26.0 Å². The molecule has 0 amide bonds. The zero-order chi connectivity index (χ0) is 41.6. The summed E-state index contributed by atoms with van der Waals surface area (Å²) >= 11 is 26.3. The molecule has 0 bridgehead atoms. The van der Waals surface area contributed by atoms with Crippen molar-refractivity contribution in [3.63, 3.8) is 0 Å². The maximum Gasteiger partial charge on any atom is 1.00 e. The van der Waals surface area contributed by atoms with Crippen LogP contribution in [0.4, 0.5) is 11.4 Å². The van der Waals surface area contributed by atoms with Crippen LogP contribution in [-0.4, -0.2) is 55.1 Å². The number of anilines is 2. The molecule has 0 spiro atoms. The Bertz CT molecular complexity index is 2080. The standard InChI is InChI=1S/C41H58Cl4N4O6S2.Na/c1-3-5-7-9-11-13-22-46-36-28-32(42)34(44)30-38(36)48(24-15-17-26-56(50,51)52)40(46)20-19-21-41-47(23-14-12-10-8-6-4-2)37-29-33(43)35(45)31-39(37)49(41)25-16-18-27-57(53,54)55;/h19-21,28-31H,3-18,22-27H2,1-2H3,(H-,50,51,52,53,54,55);/q;+1/p-1. The van der Waals surface area contributed by atoms with Gasteiger partial charge in [0.1, 0.15) is 5.82 Å². The number of halogens is 4. The molecule has 0 radical (unpaired) electrons. The molecule has 0 saturated heterocycles. The van der Waals surface area contributed by atoms with Crippen LogP contribution in [0.1, 0.15) is 122 Å². The molecular weight excluding hydrogens is 873 g/mol. The summed E-state index contributed by atoms with van der Waals surface area (Å²) in [6, 6.07) is 7.42. The molecule has 318 valence electrons. The van der Waals surface area contributed by atoms with E-state index in [4.69, 9.17) is 46.4 Å². The van der Waals surface area contributed by atoms with Gasteiger partial charge < -0.3 is 18.9 Å². The Morgan fingerprint density at radius 2 is 1.05 bits per heavy atom. The summed E-state index contributed by atoms with van der Waals surface area (Å²) in [5.74, 6) is 0.867. The largest absolute Gasteiger partial charge is 1.00 e. The van der Waals surface area contributed by atoms with E-state index in [1.54, 1.807) is 0 Å². The van der Waals surface area contributed by atoms with Gasteiger partial charge in [-0.2, -0.15) is 0 Å². The molecule has 1 aliphatic heterocycles. The van der Waals surface area contributed by atoms with Crippen molar-refractivity contribution in [3.8, 4) is 0 Å². The Kier molecular flexibility index (Phi) is 22.3. The van der Waals surface area contributed by atoms with Crippen molar-refractivity contribution in [2.24, 2.45) is 0 Å². The quantitative estimate of drug-likeness (QED) is 0.0342. The first-order valence-electron chi connectivity index (χ1n) is 20.4. The summed E-state index contributed by atoms with van der Waals surface area (Å²) in [5, 5.41) is 1.67. The molecule has 4 rings (SSSR count). The predicted octanol–water partition coefficient (Wildman–Crippen LogP) is 8.10. The summed E-state index contributed by atoms with van der Waals surface area (Å²) in [6.45, 7) is 6.74. The third-order valence-corrected chi connectivity index (χ3v) is 13.3. The number of imidazole rings is 1. The minimum atomic E-state index is -4.35. The first-order chi connectivity index (χ1) is 27.1. The molecule has 0 saturated carbocycles. The first kappa shape index (κ1) is 51.3. The van der Waals surface area contributed by atoms with Crippen LogP contribution in [0.5, 0.6) is 0 Å². The number of hydrogen-bond acceptors (Lipinski definition) is 8. The van der Waals surface area contributed by atoms with Crippen LogP contribution in [-0.2, 0) is 33.3 Å². The molecule has 0 atom stereocenters. The molecule has 2 heterocycles. The fourth-order valence-corrected chi connectivity index (χ4v) is 9.17. The molecule has 2 aromatic carbocycles. The summed E-state index contributed by atoms with van der Waals surface area (Å²) in [4.78, 5) is 4.34. The maximum atomic E-state index is 11.4. The van der Waals surface area contributed by atoms with E-state index in [2.05, 4.69) is 32.8 Å². The summed E-state index contributed by atoms with van der Waals surface area (Å²) in [7, 11) is -8.69. The molecule has 1 aliphatic rings. The van der Waals surface area contributed by atoms with E-state index >= 15 is 0 Å². The summed E-state index contributed by atoms with van der Waals surface area (Å²) in [6.07, 6.45) is 20.8. The van der Waals surface area contributed by atoms with Gasteiger partial charge in [0, 0.05) is 42.8 Å². The van der Waals surface area contributed by atoms with E-state index in [0.29, 0.717) is 46.0 Å². The number of hydrogen-bond donors (Lipinski definition) is 0. The third kappa shape index (κ3) is 15.7. The summed E-state index contributed by atoms with van der Waals surface area (Å²) < 4.78 is 72.9. The average molecular weight is 931 g/mol. The van der Waals surface area contributed by atoms with Crippen LogP contribution in [0.15, 0.2) is 42.2 Å². The van der Waals surface area contributed by atoms with Gasteiger partial charge in [0.15, 0.2) is 11.0 Å². The Morgan fingerprint density at radius 3 is 1.59 bits per heavy atom. The molecule has 3 aromatic rings. The van der Waals surface area contributed by atoms with E-state index in [9.17, 15) is 25.9 Å². The fourth-order valence-electron chi connectivity index (χ4n) is 7.42. The van der Waals surface area contributed by atoms with Gasteiger partial charge in [-0.1, -0.05) is 124 Å². The summed E-state index contributed by atoms with van der Waals surface area (Å²) in [5.41, 5.74) is 3.51. The monoisotopic (exact) mass is 928 g/mol. The van der Waals surface area contributed by atoms with Crippen molar-refractivity contribution in [1.82, 2.24) is 4.57 Å². The van der Waals surface area contributed by atoms with E-state index in [1.807, 2.05) is 42.5 Å². The number of allylic oxidation sites excluding steroid dienone is 2. The van der Waals surface area contributed by atoms with Crippen LogP contribution in [0.25, 0.3) is 17.1 Å². The number of unbranched alkanes of at least 4 members (excludes halogenated alkanes) is 12. The molecule has 0 fully saturated rings. The zero-order valence-corrected chi connectivity index (χ0v) is 40.8. The Morgan fingerprint density at radius 1 is 0.603 bits per heavy atom. The van der Waals surface area contributed by atoms with E-state index in [0.717, 1.165) is 85.7 Å². The molecule has 58 heavy (non-hydrogen) atoms. The van der Waals surface area contributed by atoms with Crippen LogP contribution < -0.4 is 43.9 Å². The molecular formula is C41H57Cl4N4NaO6S2.